The summed E-state index contributed by atoms with van der Waals surface area (Å²) >= 11 is 0. The fourth-order valence-corrected chi connectivity index (χ4v) is 2.29. The largest absolute Gasteiger partial charge is 0.334 e. The molecule has 1 aromatic carbocycles. The summed E-state index contributed by atoms with van der Waals surface area (Å²) in [6, 6.07) is 7.74. The first-order chi connectivity index (χ1) is 8.25. The lowest BCUT2D eigenvalue weighted by molar-refractivity contribution is 0.0749. The summed E-state index contributed by atoms with van der Waals surface area (Å²) in [5.74, 6) is 0.375. The van der Waals surface area contributed by atoms with Gasteiger partial charge in [0.15, 0.2) is 5.82 Å². The van der Waals surface area contributed by atoms with Crippen LogP contribution in [0.5, 0.6) is 0 Å². The molecule has 2 heterocycles. The van der Waals surface area contributed by atoms with Crippen molar-refractivity contribution in [2.45, 2.75) is 18.9 Å². The predicted octanol–water partition coefficient (Wildman–Crippen LogP) is 2.00. The van der Waals surface area contributed by atoms with Crippen molar-refractivity contribution in [2.75, 3.05) is 6.54 Å². The monoisotopic (exact) mass is 228 g/mol. The number of amides is 1. The van der Waals surface area contributed by atoms with Gasteiger partial charge in [0.25, 0.3) is 5.91 Å². The van der Waals surface area contributed by atoms with Gasteiger partial charge in [0, 0.05) is 12.6 Å². The van der Waals surface area contributed by atoms with Crippen LogP contribution in [-0.2, 0) is 0 Å². The average Bonchev–Trinajstić information content (AvgIpc) is 2.93. The maximum absolute atomic E-state index is 12.2. The number of nitrogens with zero attached hydrogens (tertiary/aromatic N) is 2. The Morgan fingerprint density at radius 1 is 1.47 bits per heavy atom. The second kappa shape index (κ2) is 3.87. The van der Waals surface area contributed by atoms with Gasteiger partial charge in [-0.05, 0) is 31.9 Å². The molecule has 3 rings (SSSR count). The standard InChI is InChI=1S/C13H14N3O/c1-9-5-4-8-16(9)13(17)12-14-10-6-2-3-7-11(10)15-12/h2-3,6-7,9H,1,4-5,8H2,(H,14,15)/t9-/m1/s1. The van der Waals surface area contributed by atoms with E-state index in [-0.39, 0.29) is 11.9 Å². The minimum atomic E-state index is -0.0429. The molecule has 17 heavy (non-hydrogen) atoms. The van der Waals surface area contributed by atoms with Crippen LogP contribution < -0.4 is 0 Å². The SMILES string of the molecule is [CH2][C@@H]1CCCN1C(=O)c1nc2ccccc2[nH]1. The molecule has 1 atom stereocenters. The highest BCUT2D eigenvalue weighted by molar-refractivity contribution is 5.94. The minimum Gasteiger partial charge on any atom is -0.334 e. The maximum atomic E-state index is 12.2. The van der Waals surface area contributed by atoms with E-state index in [1.54, 1.807) is 4.90 Å². The van der Waals surface area contributed by atoms with Crippen molar-refractivity contribution in [2.24, 2.45) is 0 Å². The van der Waals surface area contributed by atoms with Crippen molar-refractivity contribution in [3.63, 3.8) is 0 Å². The van der Waals surface area contributed by atoms with Gasteiger partial charge in [-0.2, -0.15) is 0 Å². The fourth-order valence-electron chi connectivity index (χ4n) is 2.29. The second-order valence-corrected chi connectivity index (χ2v) is 4.40. The molecule has 1 aliphatic rings. The molecule has 2 aromatic rings. The smallest absolute Gasteiger partial charge is 0.289 e. The molecular weight excluding hydrogens is 214 g/mol. The number of carbonyl (C=O) groups is 1. The Bertz CT molecular complexity index is 528. The van der Waals surface area contributed by atoms with Crippen LogP contribution in [0.3, 0.4) is 0 Å². The molecule has 0 aliphatic carbocycles. The number of aromatic nitrogens is 2. The molecule has 1 saturated heterocycles. The molecule has 1 aromatic heterocycles. The summed E-state index contributed by atoms with van der Waals surface area (Å²) in [7, 11) is 0. The average molecular weight is 228 g/mol. The van der Waals surface area contributed by atoms with Gasteiger partial charge in [0.1, 0.15) is 0 Å². The fraction of sp³-hybridized carbons (Fsp3) is 0.308. The highest BCUT2D eigenvalue weighted by Crippen LogP contribution is 2.19. The molecule has 0 saturated carbocycles. The molecule has 4 nitrogen and oxygen atoms in total. The minimum absolute atomic E-state index is 0.0429. The van der Waals surface area contributed by atoms with Crippen LogP contribution in [0.25, 0.3) is 11.0 Å². The topological polar surface area (TPSA) is 49.0 Å². The van der Waals surface area contributed by atoms with E-state index in [0.29, 0.717) is 5.82 Å². The first-order valence-corrected chi connectivity index (χ1v) is 5.84. The summed E-state index contributed by atoms with van der Waals surface area (Å²) in [5, 5.41) is 0. The summed E-state index contributed by atoms with van der Waals surface area (Å²) in [6.07, 6.45) is 2.01. The first kappa shape index (κ1) is 10.3. The molecule has 1 fully saturated rings. The molecule has 1 radical (unpaired) electrons. The van der Waals surface area contributed by atoms with Crippen molar-refractivity contribution in [3.8, 4) is 0 Å². The third kappa shape index (κ3) is 1.69. The Hall–Kier alpha value is -1.84. The first-order valence-electron chi connectivity index (χ1n) is 5.84. The number of hydrogen-bond acceptors (Lipinski definition) is 2. The summed E-state index contributed by atoms with van der Waals surface area (Å²) in [4.78, 5) is 21.4. The maximum Gasteiger partial charge on any atom is 0.289 e. The number of aromatic amines is 1. The van der Waals surface area contributed by atoms with Crippen LogP contribution >= 0.6 is 0 Å². The number of rotatable bonds is 1. The Labute approximate surface area is 99.6 Å². The quantitative estimate of drug-likeness (QED) is 0.811. The van der Waals surface area contributed by atoms with Gasteiger partial charge in [0.2, 0.25) is 0 Å². The van der Waals surface area contributed by atoms with E-state index in [0.717, 1.165) is 30.4 Å². The van der Waals surface area contributed by atoms with E-state index in [1.165, 1.54) is 0 Å². The molecule has 1 amide bonds. The molecule has 0 spiro atoms. The van der Waals surface area contributed by atoms with Crippen LogP contribution in [-0.4, -0.2) is 33.4 Å². The van der Waals surface area contributed by atoms with E-state index in [9.17, 15) is 4.79 Å². The van der Waals surface area contributed by atoms with Gasteiger partial charge < -0.3 is 9.88 Å². The molecule has 0 unspecified atom stereocenters. The highest BCUT2D eigenvalue weighted by Gasteiger charge is 2.27. The number of likely N-dealkylation sites (tertiary alicyclic amines) is 1. The lowest BCUT2D eigenvalue weighted by Gasteiger charge is -2.19. The van der Waals surface area contributed by atoms with Gasteiger partial charge >= 0.3 is 0 Å². The summed E-state index contributed by atoms with van der Waals surface area (Å²) in [6.45, 7) is 4.76. The third-order valence-electron chi connectivity index (χ3n) is 3.23. The Morgan fingerprint density at radius 3 is 3.00 bits per heavy atom. The van der Waals surface area contributed by atoms with Gasteiger partial charge in [-0.3, -0.25) is 4.79 Å². The number of benzene rings is 1. The zero-order valence-corrected chi connectivity index (χ0v) is 9.52. The lowest BCUT2D eigenvalue weighted by atomic mass is 10.2. The molecule has 4 heteroatoms. The number of carbonyl (C=O) groups excluding carboxylic acids is 1. The van der Waals surface area contributed by atoms with E-state index in [4.69, 9.17) is 0 Å². The van der Waals surface area contributed by atoms with E-state index in [2.05, 4.69) is 16.9 Å². The van der Waals surface area contributed by atoms with Gasteiger partial charge in [-0.25, -0.2) is 4.98 Å². The summed E-state index contributed by atoms with van der Waals surface area (Å²) in [5.41, 5.74) is 1.73. The zero-order valence-electron chi connectivity index (χ0n) is 9.52. The molecular formula is C13H14N3O. The van der Waals surface area contributed by atoms with Crippen molar-refractivity contribution >= 4 is 16.9 Å². The van der Waals surface area contributed by atoms with E-state index < -0.39 is 0 Å². The third-order valence-corrected chi connectivity index (χ3v) is 3.23. The zero-order chi connectivity index (χ0) is 11.8. The Kier molecular flexibility index (Phi) is 2.35. The van der Waals surface area contributed by atoms with Gasteiger partial charge in [-0.15, -0.1) is 0 Å². The Balaban J connectivity index is 1.95. The molecule has 87 valence electrons. The highest BCUT2D eigenvalue weighted by atomic mass is 16.2. The van der Waals surface area contributed by atoms with Crippen molar-refractivity contribution in [1.82, 2.24) is 14.9 Å². The van der Waals surface area contributed by atoms with Crippen molar-refractivity contribution in [1.29, 1.82) is 0 Å². The van der Waals surface area contributed by atoms with Crippen LogP contribution in [0.1, 0.15) is 23.5 Å². The number of nitrogens with one attached hydrogen (secondary N) is 1. The second-order valence-electron chi connectivity index (χ2n) is 4.40. The number of fused-ring (bicyclic) bond motifs is 1. The van der Waals surface area contributed by atoms with Crippen LogP contribution in [0, 0.1) is 6.92 Å². The number of H-pyrrole nitrogens is 1. The van der Waals surface area contributed by atoms with Gasteiger partial charge in [0.05, 0.1) is 11.0 Å². The van der Waals surface area contributed by atoms with E-state index in [1.807, 2.05) is 24.3 Å². The predicted molar refractivity (Wildman–Crippen MR) is 65.5 cm³/mol. The molecule has 1 N–H and O–H groups in total. The summed E-state index contributed by atoms with van der Waals surface area (Å²) < 4.78 is 0. The number of para-hydroxylation sites is 2. The number of hydrogen-bond donors (Lipinski definition) is 1. The van der Waals surface area contributed by atoms with Crippen LogP contribution in [0.2, 0.25) is 0 Å². The molecule has 0 bridgehead atoms. The van der Waals surface area contributed by atoms with Crippen LogP contribution in [0.4, 0.5) is 0 Å². The normalized spacial score (nSPS) is 20.1. The lowest BCUT2D eigenvalue weighted by Crippen LogP contribution is -2.34. The van der Waals surface area contributed by atoms with Crippen molar-refractivity contribution < 1.29 is 4.79 Å². The Morgan fingerprint density at radius 2 is 2.29 bits per heavy atom. The van der Waals surface area contributed by atoms with Gasteiger partial charge in [-0.1, -0.05) is 12.1 Å². The van der Waals surface area contributed by atoms with E-state index >= 15 is 0 Å². The van der Waals surface area contributed by atoms with Crippen LogP contribution in [0.15, 0.2) is 24.3 Å². The van der Waals surface area contributed by atoms with Crippen molar-refractivity contribution in [3.05, 3.63) is 37.0 Å². The number of imidazole rings is 1. The molecule has 1 aliphatic heterocycles.